The lowest BCUT2D eigenvalue weighted by molar-refractivity contribution is -0.119. The summed E-state index contributed by atoms with van der Waals surface area (Å²) < 4.78 is 18.7. The predicted octanol–water partition coefficient (Wildman–Crippen LogP) is 2.77. The number of carbonyl (C=O) groups is 1. The fraction of sp³-hybridized carbons (Fsp3) is 0.250. The third-order valence-corrected chi connectivity index (χ3v) is 2.36. The van der Waals surface area contributed by atoms with E-state index >= 15 is 0 Å². The molecule has 0 aliphatic carbocycles. The summed E-state index contributed by atoms with van der Waals surface area (Å²) >= 11 is 0. The van der Waals surface area contributed by atoms with Crippen LogP contribution in [0.2, 0.25) is 0 Å². The second kappa shape index (κ2) is 3.96. The van der Waals surface area contributed by atoms with Crippen molar-refractivity contribution >= 4 is 16.9 Å². The number of hydrogen-bond acceptors (Lipinski definition) is 2. The molecular weight excluding hydrogens is 209 g/mol. The topological polar surface area (TPSA) is 42.2 Å². The van der Waals surface area contributed by atoms with Gasteiger partial charge in [-0.15, -0.1) is 0 Å². The Morgan fingerprint density at radius 2 is 2.25 bits per heavy atom. The molecule has 0 unspecified atom stereocenters. The molecule has 2 rings (SSSR count). The van der Waals surface area contributed by atoms with Gasteiger partial charge in [0.15, 0.2) is 11.4 Å². The highest BCUT2D eigenvalue weighted by molar-refractivity contribution is 5.79. The monoisotopic (exact) mass is 221 g/mol. The molecule has 1 aromatic carbocycles. The first kappa shape index (κ1) is 10.7. The summed E-state index contributed by atoms with van der Waals surface area (Å²) in [5.41, 5.74) is 0.231. The molecule has 2 aromatic rings. The second-order valence-electron chi connectivity index (χ2n) is 3.73. The Balaban J connectivity index is 2.39. The number of para-hydroxylation sites is 1. The first-order valence-electron chi connectivity index (χ1n) is 5.03. The predicted molar refractivity (Wildman–Crippen MR) is 58.4 cm³/mol. The minimum absolute atomic E-state index is 0.145. The molecule has 1 N–H and O–H groups in total. The molecule has 0 aliphatic heterocycles. The van der Waals surface area contributed by atoms with Gasteiger partial charge in [0, 0.05) is 12.3 Å². The quantitative estimate of drug-likeness (QED) is 0.847. The Labute approximate surface area is 92.2 Å². The summed E-state index contributed by atoms with van der Waals surface area (Å²) in [5, 5.41) is 3.39. The van der Waals surface area contributed by atoms with Crippen molar-refractivity contribution in [1.29, 1.82) is 0 Å². The van der Waals surface area contributed by atoms with Gasteiger partial charge in [0.25, 0.3) is 0 Å². The Hall–Kier alpha value is -1.84. The molecule has 0 radical (unpaired) electrons. The fourth-order valence-electron chi connectivity index (χ4n) is 1.64. The molecule has 16 heavy (non-hydrogen) atoms. The van der Waals surface area contributed by atoms with E-state index in [2.05, 4.69) is 5.32 Å². The highest BCUT2D eigenvalue weighted by atomic mass is 19.1. The third-order valence-electron chi connectivity index (χ3n) is 2.36. The maximum absolute atomic E-state index is 13.3. The Morgan fingerprint density at radius 3 is 2.88 bits per heavy atom. The average molecular weight is 221 g/mol. The normalized spacial score (nSPS) is 12.7. The van der Waals surface area contributed by atoms with Crippen LogP contribution in [0.5, 0.6) is 0 Å². The Kier molecular flexibility index (Phi) is 2.64. The van der Waals surface area contributed by atoms with Gasteiger partial charge < -0.3 is 9.73 Å². The van der Waals surface area contributed by atoms with Gasteiger partial charge in [0.05, 0.1) is 6.04 Å². The van der Waals surface area contributed by atoms with Crippen LogP contribution >= 0.6 is 0 Å². The van der Waals surface area contributed by atoms with Crippen LogP contribution < -0.4 is 5.32 Å². The van der Waals surface area contributed by atoms with E-state index in [-0.39, 0.29) is 17.5 Å². The number of amides is 1. The van der Waals surface area contributed by atoms with Crippen LogP contribution in [0, 0.1) is 5.82 Å². The zero-order valence-electron chi connectivity index (χ0n) is 9.08. The highest BCUT2D eigenvalue weighted by Crippen LogP contribution is 2.25. The molecule has 1 atom stereocenters. The van der Waals surface area contributed by atoms with E-state index in [1.165, 1.54) is 13.0 Å². The van der Waals surface area contributed by atoms with Gasteiger partial charge in [-0.2, -0.15) is 0 Å². The van der Waals surface area contributed by atoms with E-state index in [9.17, 15) is 9.18 Å². The van der Waals surface area contributed by atoms with Crippen LogP contribution in [0.1, 0.15) is 25.6 Å². The van der Waals surface area contributed by atoms with Crippen molar-refractivity contribution in [2.75, 3.05) is 0 Å². The van der Waals surface area contributed by atoms with Gasteiger partial charge in [0.1, 0.15) is 5.76 Å². The number of fused-ring (bicyclic) bond motifs is 1. The standard InChI is InChI=1S/C12H12FNO2/c1-7(14-8(2)15)11-6-9-4-3-5-10(13)12(9)16-11/h3-7H,1-2H3,(H,14,15)/t7-/m0/s1. The fourth-order valence-corrected chi connectivity index (χ4v) is 1.64. The van der Waals surface area contributed by atoms with Gasteiger partial charge in [0.2, 0.25) is 5.91 Å². The summed E-state index contributed by atoms with van der Waals surface area (Å²) in [7, 11) is 0. The third kappa shape index (κ3) is 1.91. The zero-order valence-corrected chi connectivity index (χ0v) is 9.08. The second-order valence-corrected chi connectivity index (χ2v) is 3.73. The van der Waals surface area contributed by atoms with Crippen molar-refractivity contribution in [3.05, 3.63) is 35.8 Å². The molecule has 0 saturated carbocycles. The molecule has 0 saturated heterocycles. The number of carbonyl (C=O) groups excluding carboxylic acids is 1. The molecule has 0 bridgehead atoms. The Morgan fingerprint density at radius 1 is 1.50 bits per heavy atom. The number of rotatable bonds is 2. The van der Waals surface area contributed by atoms with Gasteiger partial charge in [-0.25, -0.2) is 4.39 Å². The van der Waals surface area contributed by atoms with Crippen LogP contribution in [-0.2, 0) is 4.79 Å². The van der Waals surface area contributed by atoms with Crippen molar-refractivity contribution in [3.8, 4) is 0 Å². The van der Waals surface area contributed by atoms with E-state index in [1.807, 2.05) is 0 Å². The summed E-state index contributed by atoms with van der Waals surface area (Å²) in [6.45, 7) is 3.22. The van der Waals surface area contributed by atoms with Crippen molar-refractivity contribution in [1.82, 2.24) is 5.32 Å². The van der Waals surface area contributed by atoms with Gasteiger partial charge in [-0.1, -0.05) is 12.1 Å². The lowest BCUT2D eigenvalue weighted by Crippen LogP contribution is -2.23. The lowest BCUT2D eigenvalue weighted by atomic mass is 10.2. The minimum Gasteiger partial charge on any atom is -0.456 e. The number of nitrogens with one attached hydrogen (secondary N) is 1. The maximum atomic E-state index is 13.3. The van der Waals surface area contributed by atoms with Crippen molar-refractivity contribution in [3.63, 3.8) is 0 Å². The molecule has 84 valence electrons. The molecule has 0 fully saturated rings. The molecule has 4 heteroatoms. The van der Waals surface area contributed by atoms with E-state index in [1.54, 1.807) is 25.1 Å². The van der Waals surface area contributed by atoms with Gasteiger partial charge >= 0.3 is 0 Å². The summed E-state index contributed by atoms with van der Waals surface area (Å²) in [5.74, 6) is 0.0162. The molecule has 0 spiro atoms. The van der Waals surface area contributed by atoms with Gasteiger partial charge in [-0.05, 0) is 19.1 Å². The molecular formula is C12H12FNO2. The molecule has 1 heterocycles. The summed E-state index contributed by atoms with van der Waals surface area (Å²) in [6.07, 6.45) is 0. The van der Waals surface area contributed by atoms with Crippen molar-refractivity contribution in [2.24, 2.45) is 0 Å². The largest absolute Gasteiger partial charge is 0.456 e. The lowest BCUT2D eigenvalue weighted by Gasteiger charge is -2.08. The van der Waals surface area contributed by atoms with E-state index < -0.39 is 5.82 Å². The maximum Gasteiger partial charge on any atom is 0.217 e. The van der Waals surface area contributed by atoms with Crippen molar-refractivity contribution in [2.45, 2.75) is 19.9 Å². The highest BCUT2D eigenvalue weighted by Gasteiger charge is 2.13. The molecule has 1 amide bonds. The SMILES string of the molecule is CC(=O)N[C@@H](C)c1cc2cccc(F)c2o1. The van der Waals surface area contributed by atoms with Gasteiger partial charge in [-0.3, -0.25) is 4.79 Å². The molecule has 1 aromatic heterocycles. The average Bonchev–Trinajstić information content (AvgIpc) is 2.61. The van der Waals surface area contributed by atoms with Crippen LogP contribution in [0.15, 0.2) is 28.7 Å². The van der Waals surface area contributed by atoms with Crippen molar-refractivity contribution < 1.29 is 13.6 Å². The van der Waals surface area contributed by atoms with Crippen LogP contribution in [0.3, 0.4) is 0 Å². The number of benzene rings is 1. The van der Waals surface area contributed by atoms with Crippen LogP contribution in [0.4, 0.5) is 4.39 Å². The molecule has 0 aliphatic rings. The minimum atomic E-state index is -0.390. The number of halogens is 1. The van der Waals surface area contributed by atoms with E-state index in [0.29, 0.717) is 11.1 Å². The smallest absolute Gasteiger partial charge is 0.217 e. The van der Waals surface area contributed by atoms with E-state index in [4.69, 9.17) is 4.42 Å². The summed E-state index contributed by atoms with van der Waals surface area (Å²) in [6, 6.07) is 6.22. The number of hydrogen-bond donors (Lipinski definition) is 1. The first-order valence-corrected chi connectivity index (χ1v) is 5.03. The summed E-state index contributed by atoms with van der Waals surface area (Å²) in [4.78, 5) is 10.9. The zero-order chi connectivity index (χ0) is 11.7. The number of furan rings is 1. The van der Waals surface area contributed by atoms with Crippen LogP contribution in [0.25, 0.3) is 11.0 Å². The first-order chi connectivity index (χ1) is 7.58. The molecule has 3 nitrogen and oxygen atoms in total. The van der Waals surface area contributed by atoms with Crippen LogP contribution in [-0.4, -0.2) is 5.91 Å². The Bertz CT molecular complexity index is 533. The van der Waals surface area contributed by atoms with E-state index in [0.717, 1.165) is 0 Å².